The molecule has 1 fully saturated rings. The molecule has 0 unspecified atom stereocenters. The van der Waals surface area contributed by atoms with Gasteiger partial charge in [-0.2, -0.15) is 0 Å². The molecule has 3 rings (SSSR count). The standard InChI is InChI=1S/C23H33N3O3/c1-5-26(6-2)18-12-10-17(11-13-18)21-20(16(4)24-23(28)25-21)22(27)29-19-9-7-8-15(3)14-19/h10-13,15,19,21H,5-9,14H2,1-4H3,(H2,24,25,28)/t15-,19+,21-/m0/s1. The summed E-state index contributed by atoms with van der Waals surface area (Å²) in [6.07, 6.45) is 4.04. The molecule has 1 aliphatic carbocycles. The number of esters is 1. The first-order chi connectivity index (χ1) is 13.9. The molecule has 0 spiro atoms. The zero-order valence-corrected chi connectivity index (χ0v) is 18.0. The average molecular weight is 400 g/mol. The van der Waals surface area contributed by atoms with Gasteiger partial charge >= 0.3 is 12.0 Å². The fourth-order valence-electron chi connectivity index (χ4n) is 4.38. The number of allylic oxidation sites excluding steroid dienone is 1. The Morgan fingerprint density at radius 3 is 2.48 bits per heavy atom. The van der Waals surface area contributed by atoms with Crippen molar-refractivity contribution >= 4 is 17.7 Å². The summed E-state index contributed by atoms with van der Waals surface area (Å²) in [6.45, 7) is 10.1. The van der Waals surface area contributed by atoms with Crippen molar-refractivity contribution in [2.45, 2.75) is 65.5 Å². The second-order valence-corrected chi connectivity index (χ2v) is 8.13. The highest BCUT2D eigenvalue weighted by molar-refractivity contribution is 5.95. The van der Waals surface area contributed by atoms with E-state index in [9.17, 15) is 9.59 Å². The van der Waals surface area contributed by atoms with E-state index in [1.807, 2.05) is 24.3 Å². The lowest BCUT2D eigenvalue weighted by Crippen LogP contribution is -2.45. The predicted molar refractivity (Wildman–Crippen MR) is 115 cm³/mol. The fourth-order valence-corrected chi connectivity index (χ4v) is 4.38. The number of anilines is 1. The first kappa shape index (κ1) is 21.2. The van der Waals surface area contributed by atoms with Gasteiger partial charge in [0.2, 0.25) is 0 Å². The zero-order chi connectivity index (χ0) is 21.0. The van der Waals surface area contributed by atoms with E-state index in [-0.39, 0.29) is 18.1 Å². The molecule has 6 heteroatoms. The second kappa shape index (κ2) is 9.33. The first-order valence-corrected chi connectivity index (χ1v) is 10.8. The van der Waals surface area contributed by atoms with Gasteiger partial charge in [0, 0.05) is 24.5 Å². The monoisotopic (exact) mass is 399 g/mol. The Bertz CT molecular complexity index is 768. The molecule has 0 aromatic heterocycles. The number of ether oxygens (including phenoxy) is 1. The first-order valence-electron chi connectivity index (χ1n) is 10.8. The Kier molecular flexibility index (Phi) is 6.83. The van der Waals surface area contributed by atoms with E-state index in [1.54, 1.807) is 6.92 Å². The highest BCUT2D eigenvalue weighted by Gasteiger charge is 2.34. The summed E-state index contributed by atoms with van der Waals surface area (Å²) in [5.41, 5.74) is 3.04. The molecular weight excluding hydrogens is 366 g/mol. The van der Waals surface area contributed by atoms with Gasteiger partial charge in [-0.25, -0.2) is 9.59 Å². The number of hydrogen-bond donors (Lipinski definition) is 2. The molecule has 0 bridgehead atoms. The van der Waals surface area contributed by atoms with E-state index < -0.39 is 6.04 Å². The molecule has 1 heterocycles. The minimum atomic E-state index is -0.511. The van der Waals surface area contributed by atoms with Crippen LogP contribution in [0.25, 0.3) is 0 Å². The van der Waals surface area contributed by atoms with Crippen molar-refractivity contribution < 1.29 is 14.3 Å². The smallest absolute Gasteiger partial charge is 0.338 e. The molecule has 1 aliphatic heterocycles. The lowest BCUT2D eigenvalue weighted by molar-refractivity contribution is -0.146. The van der Waals surface area contributed by atoms with Gasteiger partial charge in [0.25, 0.3) is 0 Å². The SMILES string of the molecule is CCN(CC)c1ccc([C@@H]2NC(=O)NC(C)=C2C(=O)O[C@@H]2CCC[C@H](C)C2)cc1. The van der Waals surface area contributed by atoms with E-state index in [1.165, 1.54) is 6.42 Å². The number of amides is 2. The maximum Gasteiger partial charge on any atom is 0.338 e. The Hall–Kier alpha value is -2.50. The van der Waals surface area contributed by atoms with Crippen LogP contribution in [0.3, 0.4) is 0 Å². The number of urea groups is 1. The fraction of sp³-hybridized carbons (Fsp3) is 0.565. The highest BCUT2D eigenvalue weighted by Crippen LogP contribution is 2.31. The van der Waals surface area contributed by atoms with Gasteiger partial charge in [-0.15, -0.1) is 0 Å². The number of carbonyl (C=O) groups excluding carboxylic acids is 2. The van der Waals surface area contributed by atoms with E-state index in [0.717, 1.165) is 43.6 Å². The van der Waals surface area contributed by atoms with Crippen molar-refractivity contribution in [2.24, 2.45) is 5.92 Å². The molecule has 1 aromatic carbocycles. The molecule has 2 N–H and O–H groups in total. The molecule has 6 nitrogen and oxygen atoms in total. The van der Waals surface area contributed by atoms with Crippen molar-refractivity contribution in [1.29, 1.82) is 0 Å². The third-order valence-corrected chi connectivity index (χ3v) is 6.01. The minimum Gasteiger partial charge on any atom is -0.459 e. The van der Waals surface area contributed by atoms with Gasteiger partial charge in [-0.3, -0.25) is 0 Å². The lowest BCUT2D eigenvalue weighted by Gasteiger charge is -2.31. The normalized spacial score (nSPS) is 24.6. The average Bonchev–Trinajstić information content (AvgIpc) is 2.68. The van der Waals surface area contributed by atoms with Crippen molar-refractivity contribution in [1.82, 2.24) is 10.6 Å². The molecule has 29 heavy (non-hydrogen) atoms. The highest BCUT2D eigenvalue weighted by atomic mass is 16.5. The topological polar surface area (TPSA) is 70.7 Å². The summed E-state index contributed by atoms with van der Waals surface area (Å²) in [6, 6.07) is 7.22. The number of hydrogen-bond acceptors (Lipinski definition) is 4. The van der Waals surface area contributed by atoms with Crippen LogP contribution in [-0.4, -0.2) is 31.2 Å². The van der Waals surface area contributed by atoms with Crippen LogP contribution in [0, 0.1) is 5.92 Å². The molecular formula is C23H33N3O3. The summed E-state index contributed by atoms with van der Waals surface area (Å²) in [4.78, 5) is 27.4. The molecule has 0 radical (unpaired) electrons. The van der Waals surface area contributed by atoms with E-state index in [0.29, 0.717) is 17.2 Å². The molecule has 1 saturated carbocycles. The van der Waals surface area contributed by atoms with Crippen LogP contribution in [0.5, 0.6) is 0 Å². The number of nitrogens with one attached hydrogen (secondary N) is 2. The zero-order valence-electron chi connectivity index (χ0n) is 18.0. The van der Waals surface area contributed by atoms with E-state index in [2.05, 4.69) is 36.3 Å². The Balaban J connectivity index is 1.83. The van der Waals surface area contributed by atoms with Crippen molar-refractivity contribution in [2.75, 3.05) is 18.0 Å². The molecule has 3 atom stereocenters. The Morgan fingerprint density at radius 2 is 1.86 bits per heavy atom. The van der Waals surface area contributed by atoms with Crippen molar-refractivity contribution in [3.63, 3.8) is 0 Å². The minimum absolute atomic E-state index is 0.0464. The van der Waals surface area contributed by atoms with Crippen LogP contribution < -0.4 is 15.5 Å². The maximum absolute atomic E-state index is 13.1. The van der Waals surface area contributed by atoms with Crippen molar-refractivity contribution in [3.05, 3.63) is 41.1 Å². The maximum atomic E-state index is 13.1. The molecule has 2 aliphatic rings. The molecule has 1 aromatic rings. The Labute approximate surface area is 173 Å². The van der Waals surface area contributed by atoms with Gasteiger partial charge in [0.1, 0.15) is 6.10 Å². The van der Waals surface area contributed by atoms with Crippen LogP contribution in [0.1, 0.15) is 65.0 Å². The Morgan fingerprint density at radius 1 is 1.17 bits per heavy atom. The summed E-state index contributed by atoms with van der Waals surface area (Å²) in [5, 5.41) is 5.62. The van der Waals surface area contributed by atoms with Gasteiger partial charge in [-0.1, -0.05) is 25.5 Å². The third kappa shape index (κ3) is 4.92. The van der Waals surface area contributed by atoms with Crippen LogP contribution >= 0.6 is 0 Å². The summed E-state index contributed by atoms with van der Waals surface area (Å²) >= 11 is 0. The summed E-state index contributed by atoms with van der Waals surface area (Å²) in [7, 11) is 0. The van der Waals surface area contributed by atoms with Crippen LogP contribution in [0.4, 0.5) is 10.5 Å². The van der Waals surface area contributed by atoms with Gasteiger partial charge in [0.15, 0.2) is 0 Å². The molecule has 158 valence electrons. The predicted octanol–water partition coefficient (Wildman–Crippen LogP) is 4.28. The van der Waals surface area contributed by atoms with Crippen LogP contribution in [-0.2, 0) is 9.53 Å². The van der Waals surface area contributed by atoms with Crippen molar-refractivity contribution in [3.8, 4) is 0 Å². The van der Waals surface area contributed by atoms with E-state index >= 15 is 0 Å². The number of benzene rings is 1. The summed E-state index contributed by atoms with van der Waals surface area (Å²) in [5.74, 6) is 0.233. The quantitative estimate of drug-likeness (QED) is 0.701. The van der Waals surface area contributed by atoms with Crippen LogP contribution in [0.2, 0.25) is 0 Å². The van der Waals surface area contributed by atoms with E-state index in [4.69, 9.17) is 4.74 Å². The van der Waals surface area contributed by atoms with Gasteiger partial charge in [0.05, 0.1) is 11.6 Å². The number of carbonyl (C=O) groups is 2. The summed E-state index contributed by atoms with van der Waals surface area (Å²) < 4.78 is 5.86. The van der Waals surface area contributed by atoms with Crippen LogP contribution in [0.15, 0.2) is 35.5 Å². The molecule has 0 saturated heterocycles. The third-order valence-electron chi connectivity index (χ3n) is 6.01. The lowest BCUT2D eigenvalue weighted by atomic mass is 9.88. The largest absolute Gasteiger partial charge is 0.459 e. The second-order valence-electron chi connectivity index (χ2n) is 8.13. The number of nitrogens with zero attached hydrogens (tertiary/aromatic N) is 1. The van der Waals surface area contributed by atoms with Gasteiger partial charge in [-0.05, 0) is 63.6 Å². The molecule has 2 amide bonds. The number of rotatable bonds is 6. The van der Waals surface area contributed by atoms with Gasteiger partial charge < -0.3 is 20.3 Å².